The summed E-state index contributed by atoms with van der Waals surface area (Å²) in [4.78, 5) is 16.5. The molecule has 4 rings (SSSR count). The van der Waals surface area contributed by atoms with Crippen molar-refractivity contribution in [3.05, 3.63) is 42.4 Å². The van der Waals surface area contributed by atoms with Gasteiger partial charge in [0.25, 0.3) is 0 Å². The van der Waals surface area contributed by atoms with E-state index in [1.807, 2.05) is 38.2 Å². The molecule has 4 heterocycles. The van der Waals surface area contributed by atoms with Crippen LogP contribution in [0.5, 0.6) is 0 Å². The number of nitrogens with two attached hydrogens (primary N) is 1. The predicted molar refractivity (Wildman–Crippen MR) is 88.5 cm³/mol. The second-order valence-corrected chi connectivity index (χ2v) is 5.41. The zero-order valence-electron chi connectivity index (χ0n) is 12.8. The van der Waals surface area contributed by atoms with Gasteiger partial charge in [-0.15, -0.1) is 0 Å². The maximum atomic E-state index is 5.87. The molecule has 0 saturated heterocycles. The van der Waals surface area contributed by atoms with Crippen LogP contribution in [0.25, 0.3) is 33.7 Å². The highest BCUT2D eigenvalue weighted by atomic mass is 15.2. The summed E-state index contributed by atoms with van der Waals surface area (Å²) in [7, 11) is 1.89. The van der Waals surface area contributed by atoms with Crippen molar-refractivity contribution < 1.29 is 0 Å². The highest BCUT2D eigenvalue weighted by Crippen LogP contribution is 2.30. The van der Waals surface area contributed by atoms with Gasteiger partial charge in [-0.1, -0.05) is 6.07 Å². The van der Waals surface area contributed by atoms with Crippen LogP contribution in [0, 0.1) is 6.92 Å². The van der Waals surface area contributed by atoms with E-state index in [9.17, 15) is 0 Å². The number of nitrogens with one attached hydrogen (secondary N) is 1. The van der Waals surface area contributed by atoms with Crippen LogP contribution in [-0.2, 0) is 7.05 Å². The van der Waals surface area contributed by atoms with Crippen molar-refractivity contribution in [2.45, 2.75) is 6.92 Å². The second-order valence-electron chi connectivity index (χ2n) is 5.41. The molecule has 0 spiro atoms. The number of anilines is 1. The maximum Gasteiger partial charge on any atom is 0.198 e. The monoisotopic (exact) mass is 305 g/mol. The fraction of sp³-hybridized carbons (Fsp3) is 0.125. The van der Waals surface area contributed by atoms with E-state index in [1.165, 1.54) is 0 Å². The molecule has 4 aromatic rings. The van der Waals surface area contributed by atoms with E-state index in [1.54, 1.807) is 17.1 Å². The molecular formula is C16H15N7. The van der Waals surface area contributed by atoms with Crippen molar-refractivity contribution in [3.63, 3.8) is 0 Å². The Morgan fingerprint density at radius 2 is 2.00 bits per heavy atom. The summed E-state index contributed by atoms with van der Waals surface area (Å²) in [6.45, 7) is 1.95. The number of pyridine rings is 2. The normalized spacial score (nSPS) is 11.2. The molecule has 0 atom stereocenters. The number of nitrogen functional groups attached to an aromatic ring is 1. The van der Waals surface area contributed by atoms with Crippen LogP contribution < -0.4 is 5.73 Å². The number of H-pyrrole nitrogens is 1. The van der Waals surface area contributed by atoms with Crippen molar-refractivity contribution in [2.75, 3.05) is 5.73 Å². The first-order chi connectivity index (χ1) is 11.1. The van der Waals surface area contributed by atoms with Crippen LogP contribution in [0.15, 0.2) is 36.7 Å². The van der Waals surface area contributed by atoms with E-state index < -0.39 is 0 Å². The predicted octanol–water partition coefficient (Wildman–Crippen LogP) is 2.31. The zero-order valence-corrected chi connectivity index (χ0v) is 12.8. The largest absolute Gasteiger partial charge is 0.369 e. The number of hydrogen-bond donors (Lipinski definition) is 2. The average Bonchev–Trinajstić information content (AvgIpc) is 3.10. The van der Waals surface area contributed by atoms with E-state index >= 15 is 0 Å². The number of fused-ring (bicyclic) bond motifs is 1. The van der Waals surface area contributed by atoms with Gasteiger partial charge in [-0.25, -0.2) is 4.98 Å². The lowest BCUT2D eigenvalue weighted by molar-refractivity contribution is 0.795. The standard InChI is InChI=1S/C16H15N7/c1-9-4-3-5-11(20-9)14-15(22-16(17)21-14)12-6-10-7-19-23(2)13(10)8-18-12/h3-8H,1-2H3,(H3,17,21,22). The van der Waals surface area contributed by atoms with Gasteiger partial charge < -0.3 is 10.7 Å². The molecule has 7 nitrogen and oxygen atoms in total. The van der Waals surface area contributed by atoms with Gasteiger partial charge in [0.15, 0.2) is 5.95 Å². The minimum absolute atomic E-state index is 0.339. The third-order valence-electron chi connectivity index (χ3n) is 3.74. The summed E-state index contributed by atoms with van der Waals surface area (Å²) in [5, 5.41) is 5.24. The van der Waals surface area contributed by atoms with Crippen molar-refractivity contribution in [3.8, 4) is 22.8 Å². The van der Waals surface area contributed by atoms with E-state index in [0.717, 1.165) is 33.7 Å². The smallest absolute Gasteiger partial charge is 0.198 e. The molecule has 0 aliphatic rings. The molecular weight excluding hydrogens is 290 g/mol. The first-order valence-electron chi connectivity index (χ1n) is 7.19. The Bertz CT molecular complexity index is 1010. The van der Waals surface area contributed by atoms with Gasteiger partial charge in [-0.05, 0) is 25.1 Å². The minimum atomic E-state index is 0.339. The van der Waals surface area contributed by atoms with E-state index in [2.05, 4.69) is 25.0 Å². The Morgan fingerprint density at radius 1 is 1.13 bits per heavy atom. The summed E-state index contributed by atoms with van der Waals surface area (Å²) < 4.78 is 1.79. The van der Waals surface area contributed by atoms with Crippen LogP contribution in [0.4, 0.5) is 5.95 Å². The molecule has 0 saturated carbocycles. The van der Waals surface area contributed by atoms with Crippen LogP contribution in [0.3, 0.4) is 0 Å². The molecule has 0 fully saturated rings. The van der Waals surface area contributed by atoms with Crippen LogP contribution in [0.2, 0.25) is 0 Å². The molecule has 7 heteroatoms. The number of aromatic amines is 1. The third kappa shape index (κ3) is 2.22. The molecule has 23 heavy (non-hydrogen) atoms. The molecule has 3 N–H and O–H groups in total. The Balaban J connectivity index is 1.91. The molecule has 4 aromatic heterocycles. The maximum absolute atomic E-state index is 5.87. The lowest BCUT2D eigenvalue weighted by Gasteiger charge is -2.03. The number of rotatable bonds is 2. The molecule has 0 aliphatic carbocycles. The summed E-state index contributed by atoms with van der Waals surface area (Å²) in [5.74, 6) is 0.339. The highest BCUT2D eigenvalue weighted by molar-refractivity contribution is 5.85. The van der Waals surface area contributed by atoms with Gasteiger partial charge in [0.05, 0.1) is 35.0 Å². The third-order valence-corrected chi connectivity index (χ3v) is 3.74. The summed E-state index contributed by atoms with van der Waals surface area (Å²) in [6, 6.07) is 7.78. The second kappa shape index (κ2) is 4.91. The quantitative estimate of drug-likeness (QED) is 0.592. The van der Waals surface area contributed by atoms with Crippen molar-refractivity contribution in [1.29, 1.82) is 0 Å². The summed E-state index contributed by atoms with van der Waals surface area (Å²) in [6.07, 6.45) is 3.59. The molecule has 0 aliphatic heterocycles. The Labute approximate surface area is 132 Å². The zero-order chi connectivity index (χ0) is 16.0. The average molecular weight is 305 g/mol. The fourth-order valence-electron chi connectivity index (χ4n) is 2.62. The van der Waals surface area contributed by atoms with Crippen LogP contribution >= 0.6 is 0 Å². The van der Waals surface area contributed by atoms with E-state index in [4.69, 9.17) is 5.73 Å². The first kappa shape index (κ1) is 13.4. The van der Waals surface area contributed by atoms with Crippen LogP contribution in [0.1, 0.15) is 5.69 Å². The van der Waals surface area contributed by atoms with Gasteiger partial charge in [-0.2, -0.15) is 5.10 Å². The number of imidazole rings is 1. The molecule has 0 amide bonds. The van der Waals surface area contributed by atoms with Gasteiger partial charge in [0.1, 0.15) is 5.69 Å². The lowest BCUT2D eigenvalue weighted by Crippen LogP contribution is -1.92. The van der Waals surface area contributed by atoms with Crippen molar-refractivity contribution in [1.82, 2.24) is 29.7 Å². The molecule has 0 aromatic carbocycles. The lowest BCUT2D eigenvalue weighted by atomic mass is 10.1. The van der Waals surface area contributed by atoms with Gasteiger partial charge in [-0.3, -0.25) is 14.6 Å². The van der Waals surface area contributed by atoms with Gasteiger partial charge >= 0.3 is 0 Å². The summed E-state index contributed by atoms with van der Waals surface area (Å²) in [5.41, 5.74) is 10.7. The first-order valence-corrected chi connectivity index (χ1v) is 7.19. The molecule has 0 unspecified atom stereocenters. The Morgan fingerprint density at radius 3 is 2.83 bits per heavy atom. The molecule has 0 bridgehead atoms. The van der Waals surface area contributed by atoms with Crippen LogP contribution in [-0.4, -0.2) is 29.7 Å². The number of aryl methyl sites for hydroxylation is 2. The van der Waals surface area contributed by atoms with Crippen molar-refractivity contribution in [2.24, 2.45) is 7.05 Å². The van der Waals surface area contributed by atoms with Gasteiger partial charge in [0, 0.05) is 18.1 Å². The van der Waals surface area contributed by atoms with E-state index in [0.29, 0.717) is 11.6 Å². The molecule has 114 valence electrons. The minimum Gasteiger partial charge on any atom is -0.369 e. The highest BCUT2D eigenvalue weighted by Gasteiger charge is 2.16. The Kier molecular flexibility index (Phi) is 2.87. The topological polar surface area (TPSA) is 98.3 Å². The summed E-state index contributed by atoms with van der Waals surface area (Å²) >= 11 is 0. The molecule has 0 radical (unpaired) electrons. The fourth-order valence-corrected chi connectivity index (χ4v) is 2.62. The Hall–Kier alpha value is -3.22. The van der Waals surface area contributed by atoms with Gasteiger partial charge in [0.2, 0.25) is 0 Å². The van der Waals surface area contributed by atoms with E-state index in [-0.39, 0.29) is 0 Å². The SMILES string of the molecule is Cc1cccc(-c2[nH]c(N)nc2-c2cc3cnn(C)c3cn2)n1. The number of aromatic nitrogens is 6. The van der Waals surface area contributed by atoms with Crippen molar-refractivity contribution >= 4 is 16.9 Å². The number of hydrogen-bond acceptors (Lipinski definition) is 5. The number of nitrogens with zero attached hydrogens (tertiary/aromatic N) is 5.